The first-order chi connectivity index (χ1) is 13.5. The Hall–Kier alpha value is -3.75. The summed E-state index contributed by atoms with van der Waals surface area (Å²) in [6, 6.07) is 5.92. The maximum atomic E-state index is 12.7. The molecule has 0 spiro atoms. The van der Waals surface area contributed by atoms with E-state index in [9.17, 15) is 14.4 Å². The SMILES string of the molecule is COC(=O)c1ccc(CN2C(=O)NC(=Cc3cc4c(cc3C)OCO4)C2=O)o1. The lowest BCUT2D eigenvalue weighted by molar-refractivity contribution is -0.123. The van der Waals surface area contributed by atoms with Gasteiger partial charge in [0.15, 0.2) is 11.5 Å². The minimum Gasteiger partial charge on any atom is -0.463 e. The van der Waals surface area contributed by atoms with Crippen LogP contribution in [0, 0.1) is 6.92 Å². The van der Waals surface area contributed by atoms with Gasteiger partial charge < -0.3 is 23.9 Å². The Balaban J connectivity index is 1.55. The van der Waals surface area contributed by atoms with Crippen molar-refractivity contribution in [2.75, 3.05) is 13.9 Å². The number of furan rings is 1. The number of methoxy groups -OCH3 is 1. The summed E-state index contributed by atoms with van der Waals surface area (Å²) in [6.45, 7) is 1.90. The molecule has 28 heavy (non-hydrogen) atoms. The van der Waals surface area contributed by atoms with Gasteiger partial charge in [-0.05, 0) is 48.4 Å². The van der Waals surface area contributed by atoms with Crippen molar-refractivity contribution in [1.29, 1.82) is 0 Å². The van der Waals surface area contributed by atoms with Crippen molar-refractivity contribution >= 4 is 24.0 Å². The summed E-state index contributed by atoms with van der Waals surface area (Å²) < 4.78 is 20.6. The Kier molecular flexibility index (Phi) is 4.26. The summed E-state index contributed by atoms with van der Waals surface area (Å²) in [5, 5.41) is 2.55. The molecule has 2 aliphatic rings. The molecule has 3 amide bonds. The summed E-state index contributed by atoms with van der Waals surface area (Å²) in [4.78, 5) is 37.3. The molecule has 1 aromatic heterocycles. The molecule has 9 nitrogen and oxygen atoms in total. The Morgan fingerprint density at radius 3 is 2.75 bits per heavy atom. The number of nitrogens with one attached hydrogen (secondary N) is 1. The first-order valence-electron chi connectivity index (χ1n) is 8.38. The van der Waals surface area contributed by atoms with E-state index in [0.29, 0.717) is 11.5 Å². The topological polar surface area (TPSA) is 107 Å². The van der Waals surface area contributed by atoms with E-state index in [-0.39, 0.29) is 30.6 Å². The lowest BCUT2D eigenvalue weighted by Gasteiger charge is -2.09. The third-order valence-electron chi connectivity index (χ3n) is 4.39. The molecule has 0 atom stereocenters. The second kappa shape index (κ2) is 6.76. The number of benzene rings is 1. The summed E-state index contributed by atoms with van der Waals surface area (Å²) >= 11 is 0. The standard InChI is InChI=1S/C19H16N2O7/c1-10-5-15-16(27-9-26-15)7-11(10)6-13-17(22)21(19(24)20-13)8-12-3-4-14(28-12)18(23)25-2/h3-7H,8-9H2,1-2H3,(H,20,24). The molecule has 1 aromatic carbocycles. The van der Waals surface area contributed by atoms with Gasteiger partial charge in [-0.1, -0.05) is 0 Å². The molecule has 0 bridgehead atoms. The van der Waals surface area contributed by atoms with Gasteiger partial charge in [0.25, 0.3) is 5.91 Å². The van der Waals surface area contributed by atoms with Gasteiger partial charge in [0.1, 0.15) is 11.5 Å². The number of hydrogen-bond donors (Lipinski definition) is 1. The maximum Gasteiger partial charge on any atom is 0.373 e. The van der Waals surface area contributed by atoms with Crippen molar-refractivity contribution in [1.82, 2.24) is 10.2 Å². The van der Waals surface area contributed by atoms with Crippen LogP contribution in [0.2, 0.25) is 0 Å². The summed E-state index contributed by atoms with van der Waals surface area (Å²) in [5.41, 5.74) is 1.72. The molecule has 0 unspecified atom stereocenters. The number of hydrogen-bond acceptors (Lipinski definition) is 7. The minimum absolute atomic E-state index is 0.00342. The zero-order chi connectivity index (χ0) is 19.8. The van der Waals surface area contributed by atoms with Gasteiger partial charge in [-0.15, -0.1) is 0 Å². The molecule has 144 valence electrons. The number of amides is 3. The first-order valence-corrected chi connectivity index (χ1v) is 8.38. The highest BCUT2D eigenvalue weighted by atomic mass is 16.7. The predicted octanol–water partition coefficient (Wildman–Crippen LogP) is 2.20. The Bertz CT molecular complexity index is 1020. The number of urea groups is 1. The van der Waals surface area contributed by atoms with Crippen LogP contribution in [0.5, 0.6) is 11.5 Å². The van der Waals surface area contributed by atoms with Crippen LogP contribution in [0.3, 0.4) is 0 Å². The lowest BCUT2D eigenvalue weighted by Crippen LogP contribution is -2.30. The number of carbonyl (C=O) groups is 3. The van der Waals surface area contributed by atoms with Gasteiger partial charge >= 0.3 is 12.0 Å². The monoisotopic (exact) mass is 384 g/mol. The summed E-state index contributed by atoms with van der Waals surface area (Å²) in [6.07, 6.45) is 1.58. The van der Waals surface area contributed by atoms with E-state index in [1.54, 1.807) is 12.1 Å². The second-order valence-electron chi connectivity index (χ2n) is 6.20. The highest BCUT2D eigenvalue weighted by Crippen LogP contribution is 2.35. The fourth-order valence-electron chi connectivity index (χ4n) is 2.91. The Morgan fingerprint density at radius 1 is 1.25 bits per heavy atom. The quantitative estimate of drug-likeness (QED) is 0.489. The third kappa shape index (κ3) is 3.07. The van der Waals surface area contributed by atoms with Crippen LogP contribution in [0.15, 0.2) is 34.4 Å². The fraction of sp³-hybridized carbons (Fsp3) is 0.211. The molecule has 1 saturated heterocycles. The highest BCUT2D eigenvalue weighted by Gasteiger charge is 2.34. The van der Waals surface area contributed by atoms with E-state index in [1.807, 2.05) is 13.0 Å². The number of fused-ring (bicyclic) bond motifs is 1. The molecule has 1 fully saturated rings. The van der Waals surface area contributed by atoms with Crippen LogP contribution < -0.4 is 14.8 Å². The van der Waals surface area contributed by atoms with Gasteiger partial charge in [-0.2, -0.15) is 0 Å². The highest BCUT2D eigenvalue weighted by molar-refractivity contribution is 6.14. The maximum absolute atomic E-state index is 12.7. The average molecular weight is 384 g/mol. The zero-order valence-corrected chi connectivity index (χ0v) is 15.1. The van der Waals surface area contributed by atoms with Gasteiger partial charge in [0, 0.05) is 0 Å². The third-order valence-corrected chi connectivity index (χ3v) is 4.39. The van der Waals surface area contributed by atoms with Gasteiger partial charge in [0.05, 0.1) is 13.7 Å². The predicted molar refractivity (Wildman–Crippen MR) is 94.4 cm³/mol. The van der Waals surface area contributed by atoms with Crippen LogP contribution in [-0.4, -0.2) is 36.7 Å². The van der Waals surface area contributed by atoms with Crippen LogP contribution in [0.4, 0.5) is 4.79 Å². The van der Waals surface area contributed by atoms with Crippen molar-refractivity contribution < 1.29 is 33.0 Å². The van der Waals surface area contributed by atoms with Gasteiger partial charge in [-0.3, -0.25) is 9.69 Å². The lowest BCUT2D eigenvalue weighted by atomic mass is 10.1. The van der Waals surface area contributed by atoms with Crippen molar-refractivity contribution in [3.05, 3.63) is 52.6 Å². The van der Waals surface area contributed by atoms with Crippen LogP contribution in [-0.2, 0) is 16.1 Å². The Morgan fingerprint density at radius 2 is 2.00 bits per heavy atom. The van der Waals surface area contributed by atoms with E-state index >= 15 is 0 Å². The molecular formula is C19H16N2O7. The van der Waals surface area contributed by atoms with Crippen molar-refractivity contribution in [2.24, 2.45) is 0 Å². The summed E-state index contributed by atoms with van der Waals surface area (Å²) in [5.74, 6) is 0.361. The van der Waals surface area contributed by atoms with Crippen LogP contribution in [0.25, 0.3) is 6.08 Å². The normalized spacial score (nSPS) is 16.6. The van der Waals surface area contributed by atoms with E-state index < -0.39 is 17.9 Å². The minimum atomic E-state index is -0.637. The van der Waals surface area contributed by atoms with Crippen LogP contribution in [0.1, 0.15) is 27.4 Å². The van der Waals surface area contributed by atoms with Crippen molar-refractivity contribution in [2.45, 2.75) is 13.5 Å². The molecule has 1 N–H and O–H groups in total. The fourth-order valence-corrected chi connectivity index (χ4v) is 2.91. The molecule has 9 heteroatoms. The molecule has 4 rings (SSSR count). The second-order valence-corrected chi connectivity index (χ2v) is 6.20. The average Bonchev–Trinajstić information content (AvgIpc) is 3.38. The van der Waals surface area contributed by atoms with E-state index in [4.69, 9.17) is 13.9 Å². The number of imide groups is 1. The smallest absolute Gasteiger partial charge is 0.373 e. The van der Waals surface area contributed by atoms with Crippen molar-refractivity contribution in [3.63, 3.8) is 0 Å². The van der Waals surface area contributed by atoms with Crippen molar-refractivity contribution in [3.8, 4) is 11.5 Å². The molecule has 0 radical (unpaired) electrons. The first kappa shape index (κ1) is 17.7. The molecule has 0 saturated carbocycles. The largest absolute Gasteiger partial charge is 0.463 e. The summed E-state index contributed by atoms with van der Waals surface area (Å²) in [7, 11) is 1.23. The molecule has 0 aliphatic carbocycles. The van der Waals surface area contributed by atoms with E-state index in [0.717, 1.165) is 16.0 Å². The number of esters is 1. The van der Waals surface area contributed by atoms with E-state index in [2.05, 4.69) is 10.1 Å². The molecule has 2 aliphatic heterocycles. The van der Waals surface area contributed by atoms with Gasteiger partial charge in [0.2, 0.25) is 12.6 Å². The number of nitrogens with zero attached hydrogens (tertiary/aromatic N) is 1. The zero-order valence-electron chi connectivity index (χ0n) is 15.1. The van der Waals surface area contributed by atoms with Gasteiger partial charge in [-0.25, -0.2) is 9.59 Å². The van der Waals surface area contributed by atoms with E-state index in [1.165, 1.54) is 19.2 Å². The number of rotatable bonds is 4. The number of aryl methyl sites for hydroxylation is 1. The molecular weight excluding hydrogens is 368 g/mol. The number of ether oxygens (including phenoxy) is 3. The Labute approximate surface area is 159 Å². The molecule has 3 heterocycles. The van der Waals surface area contributed by atoms with Crippen LogP contribution >= 0.6 is 0 Å². The molecule has 2 aromatic rings. The number of carbonyl (C=O) groups excluding carboxylic acids is 3.